The first-order valence-corrected chi connectivity index (χ1v) is 22.8. The van der Waals surface area contributed by atoms with Gasteiger partial charge in [-0.2, -0.15) is 0 Å². The zero-order valence-corrected chi connectivity index (χ0v) is 37.6. The molecule has 0 bridgehead atoms. The third-order valence-corrected chi connectivity index (χ3v) is 12.6. The number of benzene rings is 3. The highest BCUT2D eigenvalue weighted by Gasteiger charge is 2.42. The number of ether oxygens (including phenoxy) is 1. The molecule has 1 radical (unpaired) electrons. The Balaban J connectivity index is 1.28. The standard InChI is InChI=1S/C51H58N5O7S/c1-5-33(4)48(46(58)28-35-18-13-14-24-53-35)55-47(59)30-45(57)44(26-32(2)3)56(49(60)42(52)29-36-19-15-25-64-36)50(61)43(27-34-16-7-6-8-17-34)54-51(62)63-31-41-39-22-11-9-20-37(39)38-21-10-12-23-40(38)41/h6-25,28,32-33,41-45,48,57H,5,26-27,29-31,52H2,1-4H3,(H,54,62)(H,55,59)/t33-,42-,43-,44-,45-,48-/m0/s1. The molecule has 0 fully saturated rings. The van der Waals surface area contributed by atoms with E-state index in [-0.39, 0.29) is 49.4 Å². The predicted octanol–water partition coefficient (Wildman–Crippen LogP) is 7.04. The molecule has 0 aliphatic heterocycles. The molecule has 5 N–H and O–H groups in total. The van der Waals surface area contributed by atoms with Crippen molar-refractivity contribution >= 4 is 40.9 Å². The van der Waals surface area contributed by atoms with Crippen molar-refractivity contribution in [1.29, 1.82) is 0 Å². The summed E-state index contributed by atoms with van der Waals surface area (Å²) in [6.45, 7) is 7.49. The van der Waals surface area contributed by atoms with Gasteiger partial charge in [-0.05, 0) is 69.7 Å². The quantitative estimate of drug-likeness (QED) is 0.0602. The second kappa shape index (κ2) is 22.6. The van der Waals surface area contributed by atoms with Gasteiger partial charge in [-0.3, -0.25) is 29.1 Å². The number of hydrogen-bond donors (Lipinski definition) is 4. The molecule has 1 aliphatic rings. The zero-order chi connectivity index (χ0) is 45.8. The highest BCUT2D eigenvalue weighted by atomic mass is 32.1. The number of ketones is 1. The van der Waals surface area contributed by atoms with Gasteiger partial charge in [-0.1, -0.05) is 125 Å². The van der Waals surface area contributed by atoms with Crippen LogP contribution in [0.1, 0.15) is 80.1 Å². The van der Waals surface area contributed by atoms with Crippen LogP contribution in [0.4, 0.5) is 4.79 Å². The summed E-state index contributed by atoms with van der Waals surface area (Å²) in [4.78, 5) is 77.2. The normalized spacial score (nSPS) is 14.9. The van der Waals surface area contributed by atoms with Gasteiger partial charge >= 0.3 is 6.09 Å². The lowest BCUT2D eigenvalue weighted by Gasteiger charge is -2.38. The van der Waals surface area contributed by atoms with Gasteiger partial charge in [0.2, 0.25) is 11.8 Å². The summed E-state index contributed by atoms with van der Waals surface area (Å²) in [5.74, 6) is -3.27. The zero-order valence-electron chi connectivity index (χ0n) is 36.8. The van der Waals surface area contributed by atoms with Crippen LogP contribution in [0.3, 0.4) is 0 Å². The summed E-state index contributed by atoms with van der Waals surface area (Å²) in [6.07, 6.45) is 0.717. The number of amides is 4. The van der Waals surface area contributed by atoms with E-state index in [1.165, 1.54) is 17.8 Å². The Hall–Kier alpha value is -6.02. The molecule has 6 atom stereocenters. The molecule has 3 aromatic carbocycles. The van der Waals surface area contributed by atoms with E-state index in [1.807, 2.05) is 99.8 Å². The van der Waals surface area contributed by atoms with Crippen LogP contribution in [0.15, 0.2) is 121 Å². The molecule has 5 aromatic rings. The predicted molar refractivity (Wildman–Crippen MR) is 248 cm³/mol. The maximum Gasteiger partial charge on any atom is 0.407 e. The first kappa shape index (κ1) is 47.5. The van der Waals surface area contributed by atoms with Crippen LogP contribution in [0.2, 0.25) is 0 Å². The Morgan fingerprint density at radius 2 is 1.48 bits per heavy atom. The van der Waals surface area contributed by atoms with E-state index in [4.69, 9.17) is 10.5 Å². The van der Waals surface area contributed by atoms with Crippen molar-refractivity contribution in [3.63, 3.8) is 0 Å². The van der Waals surface area contributed by atoms with Crippen molar-refractivity contribution in [2.45, 2.75) is 96.0 Å². The fourth-order valence-corrected chi connectivity index (χ4v) is 9.01. The number of imide groups is 1. The van der Waals surface area contributed by atoms with E-state index in [0.29, 0.717) is 17.7 Å². The van der Waals surface area contributed by atoms with Crippen molar-refractivity contribution in [2.24, 2.45) is 17.6 Å². The third-order valence-electron chi connectivity index (χ3n) is 11.7. The number of carbonyl (C=O) groups is 5. The van der Waals surface area contributed by atoms with E-state index in [9.17, 15) is 24.3 Å². The molecule has 6 rings (SSSR count). The second-order valence-electron chi connectivity index (χ2n) is 16.8. The molecule has 0 saturated carbocycles. The smallest absolute Gasteiger partial charge is 0.407 e. The van der Waals surface area contributed by atoms with Gasteiger partial charge in [-0.15, -0.1) is 11.3 Å². The summed E-state index contributed by atoms with van der Waals surface area (Å²) < 4.78 is 5.90. The summed E-state index contributed by atoms with van der Waals surface area (Å²) >= 11 is 1.41. The molecule has 335 valence electrons. The van der Waals surface area contributed by atoms with E-state index >= 15 is 4.79 Å². The Morgan fingerprint density at radius 3 is 2.09 bits per heavy atom. The number of hydrogen-bond acceptors (Lipinski definition) is 10. The van der Waals surface area contributed by atoms with Gasteiger partial charge in [0.25, 0.3) is 5.91 Å². The molecule has 2 aromatic heterocycles. The lowest BCUT2D eigenvalue weighted by molar-refractivity contribution is -0.154. The Bertz CT molecular complexity index is 2300. The summed E-state index contributed by atoms with van der Waals surface area (Å²) in [7, 11) is 0. The molecule has 0 unspecified atom stereocenters. The summed E-state index contributed by atoms with van der Waals surface area (Å²) in [6, 6.07) is 29.1. The minimum Gasteiger partial charge on any atom is -0.449 e. The van der Waals surface area contributed by atoms with Crippen molar-refractivity contribution in [1.82, 2.24) is 20.5 Å². The van der Waals surface area contributed by atoms with Crippen LogP contribution in [-0.4, -0.2) is 81.5 Å². The summed E-state index contributed by atoms with van der Waals surface area (Å²) in [5, 5.41) is 19.5. The molecule has 64 heavy (non-hydrogen) atoms. The number of nitrogens with zero attached hydrogens (tertiary/aromatic N) is 2. The fourth-order valence-electron chi connectivity index (χ4n) is 8.25. The number of nitrogens with one attached hydrogen (secondary N) is 2. The SMILES string of the molecule is CC[C@H](C)[C@H](NC(=O)C[C@H](O)[C@H](CC(C)C)N(C(=O)[C@H](Cc1ccccc1)NC(=O)OCC1c2ccccc2-c2ccccc21)C(=O)[C@@H](N)Cc1cccs1)C(=O)[CH]c1ccccn1. The molecule has 0 saturated heterocycles. The number of aliphatic hydroxyl groups is 1. The number of pyridine rings is 1. The van der Waals surface area contributed by atoms with Crippen molar-refractivity contribution in [3.05, 3.63) is 154 Å². The number of carbonyl (C=O) groups excluding carboxylic acids is 5. The minimum atomic E-state index is -1.58. The molecular formula is C51H58N5O7S. The van der Waals surface area contributed by atoms with Crippen molar-refractivity contribution < 1.29 is 33.8 Å². The molecule has 0 spiro atoms. The van der Waals surface area contributed by atoms with Gasteiger partial charge in [0.15, 0.2) is 5.78 Å². The van der Waals surface area contributed by atoms with Crippen molar-refractivity contribution in [2.75, 3.05) is 6.61 Å². The van der Waals surface area contributed by atoms with Gasteiger partial charge in [0.1, 0.15) is 12.6 Å². The number of aromatic nitrogens is 1. The van der Waals surface area contributed by atoms with Gasteiger partial charge in [0, 0.05) is 29.8 Å². The number of nitrogens with two attached hydrogens (primary N) is 1. The van der Waals surface area contributed by atoms with Gasteiger partial charge in [-0.25, -0.2) is 4.79 Å². The maximum absolute atomic E-state index is 15.2. The highest BCUT2D eigenvalue weighted by molar-refractivity contribution is 7.09. The van der Waals surface area contributed by atoms with Crippen LogP contribution >= 0.6 is 11.3 Å². The highest BCUT2D eigenvalue weighted by Crippen LogP contribution is 2.44. The molecule has 12 nitrogen and oxygen atoms in total. The molecular weight excluding hydrogens is 827 g/mol. The number of fused-ring (bicyclic) bond motifs is 3. The van der Waals surface area contributed by atoms with E-state index < -0.39 is 60.5 Å². The molecule has 13 heteroatoms. The molecule has 2 heterocycles. The average Bonchev–Trinajstić information content (AvgIpc) is 3.93. The second-order valence-corrected chi connectivity index (χ2v) is 17.9. The Labute approximate surface area is 379 Å². The lowest BCUT2D eigenvalue weighted by atomic mass is 9.91. The number of aliphatic hydroxyl groups excluding tert-OH is 1. The van der Waals surface area contributed by atoms with E-state index in [0.717, 1.165) is 32.0 Å². The molecule has 1 aliphatic carbocycles. The first-order valence-electron chi connectivity index (χ1n) is 21.9. The fraction of sp³-hybridized carbons (Fsp3) is 0.353. The lowest BCUT2D eigenvalue weighted by Crippen LogP contribution is -2.61. The monoisotopic (exact) mass is 884 g/mol. The van der Waals surface area contributed by atoms with Crippen LogP contribution < -0.4 is 16.4 Å². The van der Waals surface area contributed by atoms with E-state index in [2.05, 4.69) is 15.6 Å². The largest absolute Gasteiger partial charge is 0.449 e. The van der Waals surface area contributed by atoms with Crippen LogP contribution in [0.5, 0.6) is 0 Å². The summed E-state index contributed by atoms with van der Waals surface area (Å²) in [5.41, 5.74) is 11.9. The third kappa shape index (κ3) is 12.2. The van der Waals surface area contributed by atoms with Crippen LogP contribution in [0, 0.1) is 18.3 Å². The number of alkyl carbamates (subject to hydrolysis) is 1. The van der Waals surface area contributed by atoms with Gasteiger partial charge in [0.05, 0.1) is 42.8 Å². The van der Waals surface area contributed by atoms with E-state index in [1.54, 1.807) is 48.7 Å². The average molecular weight is 885 g/mol. The van der Waals surface area contributed by atoms with Crippen LogP contribution in [-0.2, 0) is 36.8 Å². The Morgan fingerprint density at radius 1 is 0.828 bits per heavy atom. The topological polar surface area (TPSA) is 181 Å². The van der Waals surface area contributed by atoms with Crippen LogP contribution in [0.25, 0.3) is 11.1 Å². The van der Waals surface area contributed by atoms with Crippen molar-refractivity contribution in [3.8, 4) is 11.1 Å². The van der Waals surface area contributed by atoms with Gasteiger partial charge < -0.3 is 26.2 Å². The number of rotatable bonds is 21. The first-order chi connectivity index (χ1) is 30.8. The Kier molecular flexibility index (Phi) is 16.7. The minimum absolute atomic E-state index is 0.00991. The number of Topliss-reactive ketones (excluding diaryl/α,β-unsaturated/α-hetero) is 1. The number of thiophene rings is 1. The molecule has 4 amide bonds. The maximum atomic E-state index is 15.2.